The van der Waals surface area contributed by atoms with Crippen molar-refractivity contribution in [1.82, 2.24) is 14.3 Å². The highest BCUT2D eigenvalue weighted by Gasteiger charge is 2.32. The minimum atomic E-state index is -4.44. The minimum Gasteiger partial charge on any atom is -0.354 e. The Morgan fingerprint density at radius 2 is 1.78 bits per heavy atom. The van der Waals surface area contributed by atoms with Gasteiger partial charge in [-0.2, -0.15) is 25.9 Å². The van der Waals surface area contributed by atoms with Gasteiger partial charge >= 0.3 is 16.4 Å². The number of aryl methyl sites for hydroxylation is 1. The molecule has 0 radical (unpaired) electrons. The van der Waals surface area contributed by atoms with Gasteiger partial charge in [-0.05, 0) is 31.2 Å². The van der Waals surface area contributed by atoms with Gasteiger partial charge in [0, 0.05) is 38.1 Å². The lowest BCUT2D eigenvalue weighted by molar-refractivity contribution is -0.137. The molecule has 0 aliphatic carbocycles. The predicted molar refractivity (Wildman–Crippen MR) is 94.5 cm³/mol. The number of nitrogens with zero attached hydrogens (tertiary/aromatic N) is 4. The van der Waals surface area contributed by atoms with Crippen LogP contribution in [-0.4, -0.2) is 48.9 Å². The second-order valence-electron chi connectivity index (χ2n) is 6.06. The van der Waals surface area contributed by atoms with Gasteiger partial charge in [0.05, 0.1) is 5.56 Å². The average molecular weight is 401 g/mol. The Morgan fingerprint density at radius 3 is 2.33 bits per heavy atom. The molecule has 0 atom stereocenters. The van der Waals surface area contributed by atoms with Crippen molar-refractivity contribution in [1.29, 1.82) is 0 Å². The van der Waals surface area contributed by atoms with Crippen LogP contribution >= 0.6 is 0 Å². The fourth-order valence-electron chi connectivity index (χ4n) is 2.69. The first kappa shape index (κ1) is 19.4. The van der Waals surface area contributed by atoms with Gasteiger partial charge in [-0.25, -0.2) is 9.97 Å². The van der Waals surface area contributed by atoms with E-state index in [0.29, 0.717) is 24.6 Å². The molecular weight excluding hydrogens is 383 g/mol. The summed E-state index contributed by atoms with van der Waals surface area (Å²) in [5, 5.41) is 0. The quantitative estimate of drug-likeness (QED) is 0.851. The van der Waals surface area contributed by atoms with Crippen LogP contribution < -0.4 is 9.62 Å². The normalized spacial score (nSPS) is 16.4. The summed E-state index contributed by atoms with van der Waals surface area (Å²) in [5.74, 6) is 0.621. The monoisotopic (exact) mass is 401 g/mol. The highest BCUT2D eigenvalue weighted by Crippen LogP contribution is 2.29. The van der Waals surface area contributed by atoms with Crippen molar-refractivity contribution < 1.29 is 21.6 Å². The van der Waals surface area contributed by atoms with E-state index in [9.17, 15) is 21.6 Å². The Bertz CT molecular complexity index is 895. The van der Waals surface area contributed by atoms with Crippen LogP contribution in [0.5, 0.6) is 0 Å². The molecule has 0 spiro atoms. The second-order valence-corrected chi connectivity index (χ2v) is 7.73. The summed E-state index contributed by atoms with van der Waals surface area (Å²) in [4.78, 5) is 9.71. The molecule has 0 saturated carbocycles. The molecule has 27 heavy (non-hydrogen) atoms. The van der Waals surface area contributed by atoms with E-state index in [4.69, 9.17) is 0 Å². The summed E-state index contributed by atoms with van der Waals surface area (Å²) >= 11 is 0. The van der Waals surface area contributed by atoms with Crippen molar-refractivity contribution in [2.45, 2.75) is 13.1 Å². The van der Waals surface area contributed by atoms with E-state index in [1.54, 1.807) is 30.0 Å². The van der Waals surface area contributed by atoms with Crippen LogP contribution in [0.2, 0.25) is 0 Å². The van der Waals surface area contributed by atoms with Crippen molar-refractivity contribution in [2.75, 3.05) is 35.8 Å². The lowest BCUT2D eigenvalue weighted by atomic mass is 10.2. The minimum absolute atomic E-state index is 0.184. The summed E-state index contributed by atoms with van der Waals surface area (Å²) in [6.45, 7) is 2.77. The zero-order valence-corrected chi connectivity index (χ0v) is 15.3. The molecule has 0 amide bonds. The van der Waals surface area contributed by atoms with Crippen molar-refractivity contribution in [3.63, 3.8) is 0 Å². The number of rotatable bonds is 4. The first-order chi connectivity index (χ1) is 12.6. The molecule has 1 N–H and O–H groups in total. The number of alkyl halides is 3. The summed E-state index contributed by atoms with van der Waals surface area (Å²) in [7, 11) is -3.76. The highest BCUT2D eigenvalue weighted by molar-refractivity contribution is 7.90. The number of nitrogens with one attached hydrogen (secondary N) is 1. The lowest BCUT2D eigenvalue weighted by Gasteiger charge is -2.34. The molecule has 0 bridgehead atoms. The van der Waals surface area contributed by atoms with E-state index in [0.717, 1.165) is 12.3 Å². The Hall–Kier alpha value is -2.40. The largest absolute Gasteiger partial charge is 0.417 e. The average Bonchev–Trinajstić information content (AvgIpc) is 2.61. The number of hydrogen-bond donors (Lipinski definition) is 1. The summed E-state index contributed by atoms with van der Waals surface area (Å²) in [6.07, 6.45) is -3.66. The third-order valence-electron chi connectivity index (χ3n) is 4.10. The van der Waals surface area contributed by atoms with E-state index in [-0.39, 0.29) is 18.9 Å². The first-order valence-corrected chi connectivity index (χ1v) is 9.59. The molecule has 1 saturated heterocycles. The van der Waals surface area contributed by atoms with Gasteiger partial charge < -0.3 is 4.90 Å². The van der Waals surface area contributed by atoms with Gasteiger partial charge in [-0.1, -0.05) is 6.07 Å². The maximum absolute atomic E-state index is 12.6. The number of aromatic nitrogens is 2. The van der Waals surface area contributed by atoms with Gasteiger partial charge in [0.15, 0.2) is 0 Å². The van der Waals surface area contributed by atoms with Crippen LogP contribution in [0.1, 0.15) is 11.3 Å². The number of piperazine rings is 1. The van der Waals surface area contributed by atoms with Crippen LogP contribution in [0.25, 0.3) is 0 Å². The van der Waals surface area contributed by atoms with Crippen molar-refractivity contribution in [3.05, 3.63) is 47.8 Å². The molecule has 1 aliphatic heterocycles. The Labute approximate surface area is 155 Å². The fraction of sp³-hybridized carbons (Fsp3) is 0.375. The standard InChI is InChI=1S/C16H18F3N5O2S/c1-12-3-2-4-14(21-12)22-27(25,26)24-9-7-23(8-10-24)15-6-5-13(11-20-15)16(17,18)19/h2-6,11H,7-10H2,1H3,(H,21,22). The third kappa shape index (κ3) is 4.66. The summed E-state index contributed by atoms with van der Waals surface area (Å²) in [5.41, 5.74) is -0.129. The molecule has 1 aliphatic rings. The Balaban J connectivity index is 1.62. The van der Waals surface area contributed by atoms with Crippen LogP contribution in [0, 0.1) is 6.92 Å². The van der Waals surface area contributed by atoms with Gasteiger partial charge in [0.25, 0.3) is 0 Å². The van der Waals surface area contributed by atoms with Gasteiger partial charge in [-0.15, -0.1) is 0 Å². The molecule has 0 unspecified atom stereocenters. The van der Waals surface area contributed by atoms with Crippen LogP contribution in [0.3, 0.4) is 0 Å². The van der Waals surface area contributed by atoms with E-state index in [1.165, 1.54) is 10.4 Å². The SMILES string of the molecule is Cc1cccc(NS(=O)(=O)N2CCN(c3ccc(C(F)(F)F)cn3)CC2)n1. The maximum atomic E-state index is 12.6. The van der Waals surface area contributed by atoms with Gasteiger partial charge in [0.2, 0.25) is 0 Å². The molecule has 3 rings (SSSR count). The van der Waals surface area contributed by atoms with Crippen LogP contribution in [0.15, 0.2) is 36.5 Å². The molecule has 146 valence electrons. The fourth-order valence-corrected chi connectivity index (χ4v) is 3.85. The van der Waals surface area contributed by atoms with Crippen molar-refractivity contribution in [3.8, 4) is 0 Å². The molecule has 2 aromatic heterocycles. The number of halogens is 3. The van der Waals surface area contributed by atoms with Crippen LogP contribution in [0.4, 0.5) is 24.8 Å². The van der Waals surface area contributed by atoms with E-state index >= 15 is 0 Å². The van der Waals surface area contributed by atoms with E-state index in [2.05, 4.69) is 14.7 Å². The number of pyridine rings is 2. The van der Waals surface area contributed by atoms with Gasteiger partial charge in [0.1, 0.15) is 11.6 Å². The molecular formula is C16H18F3N5O2S. The molecule has 3 heterocycles. The third-order valence-corrected chi connectivity index (χ3v) is 5.61. The summed E-state index contributed by atoms with van der Waals surface area (Å²) < 4.78 is 66.5. The smallest absolute Gasteiger partial charge is 0.354 e. The summed E-state index contributed by atoms with van der Waals surface area (Å²) in [6, 6.07) is 7.28. The molecule has 11 heteroatoms. The van der Waals surface area contributed by atoms with Crippen molar-refractivity contribution in [2.24, 2.45) is 0 Å². The lowest BCUT2D eigenvalue weighted by Crippen LogP contribution is -2.50. The van der Waals surface area contributed by atoms with Crippen LogP contribution in [-0.2, 0) is 16.4 Å². The second kappa shape index (κ2) is 7.31. The highest BCUT2D eigenvalue weighted by atomic mass is 32.2. The Kier molecular flexibility index (Phi) is 5.24. The molecule has 7 nitrogen and oxygen atoms in total. The molecule has 0 aromatic carbocycles. The number of hydrogen-bond acceptors (Lipinski definition) is 5. The van der Waals surface area contributed by atoms with E-state index in [1.807, 2.05) is 0 Å². The predicted octanol–water partition coefficient (Wildman–Crippen LogP) is 2.28. The zero-order chi connectivity index (χ0) is 19.7. The number of anilines is 2. The topological polar surface area (TPSA) is 78.4 Å². The Morgan fingerprint density at radius 1 is 1.07 bits per heavy atom. The van der Waals surface area contributed by atoms with E-state index < -0.39 is 21.9 Å². The maximum Gasteiger partial charge on any atom is 0.417 e. The zero-order valence-electron chi connectivity index (χ0n) is 14.4. The van der Waals surface area contributed by atoms with Crippen molar-refractivity contribution >= 4 is 21.8 Å². The van der Waals surface area contributed by atoms with Gasteiger partial charge in [-0.3, -0.25) is 4.72 Å². The molecule has 2 aromatic rings. The first-order valence-electron chi connectivity index (χ1n) is 8.15. The molecule has 1 fully saturated rings.